The Balaban J connectivity index is 2.23. The zero-order chi connectivity index (χ0) is 13.1. The second-order valence-corrected chi connectivity index (χ2v) is 4.65. The van der Waals surface area contributed by atoms with Crippen molar-refractivity contribution in [2.24, 2.45) is 0 Å². The molecule has 3 nitrogen and oxygen atoms in total. The van der Waals surface area contributed by atoms with Crippen molar-refractivity contribution >= 4 is 27.4 Å². The van der Waals surface area contributed by atoms with E-state index in [1.807, 2.05) is 13.0 Å². The van der Waals surface area contributed by atoms with E-state index in [-0.39, 0.29) is 5.75 Å². The molecule has 0 radical (unpaired) electrons. The van der Waals surface area contributed by atoms with Crippen LogP contribution < -0.4 is 10.1 Å². The van der Waals surface area contributed by atoms with Crippen molar-refractivity contribution in [1.82, 2.24) is 4.98 Å². The first-order valence-electron chi connectivity index (χ1n) is 5.33. The molecule has 2 aromatic rings. The van der Waals surface area contributed by atoms with Gasteiger partial charge in [0.25, 0.3) is 0 Å². The molecular weight excluding hydrogens is 299 g/mol. The molecule has 0 spiro atoms. The molecule has 0 unspecified atom stereocenters. The highest BCUT2D eigenvalue weighted by atomic mass is 79.9. The zero-order valence-electron chi connectivity index (χ0n) is 10.00. The fraction of sp³-hybridized carbons (Fsp3) is 0.154. The summed E-state index contributed by atoms with van der Waals surface area (Å²) in [6, 6.07) is 6.56. The highest BCUT2D eigenvalue weighted by Crippen LogP contribution is 2.24. The van der Waals surface area contributed by atoms with Crippen molar-refractivity contribution in [3.8, 4) is 5.75 Å². The minimum absolute atomic E-state index is 0.223. The van der Waals surface area contributed by atoms with Gasteiger partial charge in [-0.1, -0.05) is 0 Å². The summed E-state index contributed by atoms with van der Waals surface area (Å²) >= 11 is 3.38. The second kappa shape index (κ2) is 5.35. The number of ether oxygens (including phenoxy) is 1. The third-order valence-corrected chi connectivity index (χ3v) is 3.30. The summed E-state index contributed by atoms with van der Waals surface area (Å²) in [6.45, 7) is 1.96. The maximum Gasteiger partial charge on any atom is 0.167 e. The maximum atomic E-state index is 13.5. The SMILES string of the molecule is COc1ccc(Nc2cc(C)c(Br)cn2)cc1F. The van der Waals surface area contributed by atoms with Gasteiger partial charge in [0.1, 0.15) is 5.82 Å². The van der Waals surface area contributed by atoms with Gasteiger partial charge in [-0.25, -0.2) is 9.37 Å². The summed E-state index contributed by atoms with van der Waals surface area (Å²) < 4.78 is 19.3. The van der Waals surface area contributed by atoms with Crippen LogP contribution in [-0.4, -0.2) is 12.1 Å². The molecule has 0 saturated heterocycles. The molecule has 2 rings (SSSR count). The smallest absolute Gasteiger partial charge is 0.167 e. The van der Waals surface area contributed by atoms with Crippen molar-refractivity contribution < 1.29 is 9.13 Å². The van der Waals surface area contributed by atoms with E-state index in [0.717, 1.165) is 10.0 Å². The Morgan fingerprint density at radius 2 is 2.11 bits per heavy atom. The number of benzene rings is 1. The Morgan fingerprint density at radius 3 is 2.72 bits per heavy atom. The molecule has 1 N–H and O–H groups in total. The summed E-state index contributed by atoms with van der Waals surface area (Å²) in [6.07, 6.45) is 1.71. The molecule has 1 aromatic heterocycles. The molecule has 0 fully saturated rings. The number of nitrogens with zero attached hydrogens (tertiary/aromatic N) is 1. The lowest BCUT2D eigenvalue weighted by Crippen LogP contribution is -1.96. The third-order valence-electron chi connectivity index (χ3n) is 2.47. The van der Waals surface area contributed by atoms with Crippen LogP contribution in [0.25, 0.3) is 0 Å². The summed E-state index contributed by atoms with van der Waals surface area (Å²) in [5, 5.41) is 3.04. The lowest BCUT2D eigenvalue weighted by molar-refractivity contribution is 0.386. The summed E-state index contributed by atoms with van der Waals surface area (Å²) in [4.78, 5) is 4.19. The molecular formula is C13H12BrFN2O. The number of hydrogen-bond donors (Lipinski definition) is 1. The molecule has 5 heteroatoms. The summed E-state index contributed by atoms with van der Waals surface area (Å²) in [7, 11) is 1.44. The van der Waals surface area contributed by atoms with Crippen LogP contribution in [-0.2, 0) is 0 Å². The van der Waals surface area contributed by atoms with E-state index in [9.17, 15) is 4.39 Å². The van der Waals surface area contributed by atoms with E-state index in [1.54, 1.807) is 18.3 Å². The number of methoxy groups -OCH3 is 1. The zero-order valence-corrected chi connectivity index (χ0v) is 11.6. The minimum atomic E-state index is -0.406. The highest BCUT2D eigenvalue weighted by molar-refractivity contribution is 9.10. The number of anilines is 2. The van der Waals surface area contributed by atoms with Crippen molar-refractivity contribution in [3.63, 3.8) is 0 Å². The largest absolute Gasteiger partial charge is 0.494 e. The molecule has 0 aliphatic carbocycles. The molecule has 1 heterocycles. The van der Waals surface area contributed by atoms with Crippen LogP contribution in [0.15, 0.2) is 34.9 Å². The number of rotatable bonds is 3. The first kappa shape index (κ1) is 12.8. The molecule has 0 atom stereocenters. The van der Waals surface area contributed by atoms with Gasteiger partial charge in [-0.15, -0.1) is 0 Å². The number of hydrogen-bond acceptors (Lipinski definition) is 3. The lowest BCUT2D eigenvalue weighted by Gasteiger charge is -2.08. The van der Waals surface area contributed by atoms with E-state index in [0.29, 0.717) is 11.5 Å². The molecule has 0 bridgehead atoms. The highest BCUT2D eigenvalue weighted by Gasteiger charge is 2.04. The number of pyridine rings is 1. The topological polar surface area (TPSA) is 34.1 Å². The quantitative estimate of drug-likeness (QED) is 0.929. The van der Waals surface area contributed by atoms with E-state index >= 15 is 0 Å². The molecule has 18 heavy (non-hydrogen) atoms. The first-order chi connectivity index (χ1) is 8.60. The molecule has 1 aromatic carbocycles. The third kappa shape index (κ3) is 2.79. The summed E-state index contributed by atoms with van der Waals surface area (Å²) in [5.41, 5.74) is 1.68. The van der Waals surface area contributed by atoms with Crippen LogP contribution in [0.2, 0.25) is 0 Å². The molecule has 0 saturated carbocycles. The van der Waals surface area contributed by atoms with Gasteiger partial charge >= 0.3 is 0 Å². The number of halogens is 2. The van der Waals surface area contributed by atoms with Gasteiger partial charge in [-0.2, -0.15) is 0 Å². The van der Waals surface area contributed by atoms with Crippen LogP contribution in [0.1, 0.15) is 5.56 Å². The lowest BCUT2D eigenvalue weighted by atomic mass is 10.2. The van der Waals surface area contributed by atoms with Gasteiger partial charge in [-0.3, -0.25) is 0 Å². The van der Waals surface area contributed by atoms with Crippen molar-refractivity contribution in [2.45, 2.75) is 6.92 Å². The normalized spacial score (nSPS) is 10.2. The Bertz CT molecular complexity index is 575. The van der Waals surface area contributed by atoms with Crippen LogP contribution in [0, 0.1) is 12.7 Å². The van der Waals surface area contributed by atoms with Crippen LogP contribution in [0.3, 0.4) is 0 Å². The van der Waals surface area contributed by atoms with E-state index in [1.165, 1.54) is 13.2 Å². The number of aromatic nitrogens is 1. The molecule has 94 valence electrons. The summed E-state index contributed by atoms with van der Waals surface area (Å²) in [5.74, 6) is 0.483. The Morgan fingerprint density at radius 1 is 1.33 bits per heavy atom. The minimum Gasteiger partial charge on any atom is -0.494 e. The van der Waals surface area contributed by atoms with Gasteiger partial charge in [0, 0.05) is 22.4 Å². The fourth-order valence-corrected chi connectivity index (χ4v) is 1.72. The van der Waals surface area contributed by atoms with Gasteiger partial charge in [-0.05, 0) is 46.6 Å². The van der Waals surface area contributed by atoms with Gasteiger partial charge in [0.15, 0.2) is 11.6 Å². The van der Waals surface area contributed by atoms with Crippen molar-refractivity contribution in [2.75, 3.05) is 12.4 Å². The fourth-order valence-electron chi connectivity index (χ4n) is 1.50. The van der Waals surface area contributed by atoms with Gasteiger partial charge in [0.05, 0.1) is 7.11 Å². The first-order valence-corrected chi connectivity index (χ1v) is 6.12. The van der Waals surface area contributed by atoms with E-state index in [2.05, 4.69) is 26.2 Å². The van der Waals surface area contributed by atoms with Gasteiger partial charge in [0.2, 0.25) is 0 Å². The molecule has 0 amide bonds. The van der Waals surface area contributed by atoms with Crippen LogP contribution >= 0.6 is 15.9 Å². The second-order valence-electron chi connectivity index (χ2n) is 3.79. The maximum absolute atomic E-state index is 13.5. The Kier molecular flexibility index (Phi) is 3.81. The van der Waals surface area contributed by atoms with Crippen molar-refractivity contribution in [3.05, 3.63) is 46.3 Å². The average Bonchev–Trinajstić information content (AvgIpc) is 2.34. The Hall–Kier alpha value is -1.62. The molecule has 0 aliphatic heterocycles. The van der Waals surface area contributed by atoms with E-state index < -0.39 is 5.82 Å². The monoisotopic (exact) mass is 310 g/mol. The standard InChI is InChI=1S/C13H12BrFN2O/c1-8-5-13(16-7-10(8)14)17-9-3-4-12(18-2)11(15)6-9/h3-7H,1-2H3,(H,16,17). The number of aryl methyl sites for hydroxylation is 1. The number of nitrogens with one attached hydrogen (secondary N) is 1. The van der Waals surface area contributed by atoms with Crippen LogP contribution in [0.4, 0.5) is 15.9 Å². The van der Waals surface area contributed by atoms with Crippen molar-refractivity contribution in [1.29, 1.82) is 0 Å². The van der Waals surface area contributed by atoms with E-state index in [4.69, 9.17) is 4.74 Å². The van der Waals surface area contributed by atoms with Crippen LogP contribution in [0.5, 0.6) is 5.75 Å². The predicted molar refractivity (Wildman–Crippen MR) is 72.9 cm³/mol. The average molecular weight is 311 g/mol. The Labute approximate surface area is 113 Å². The molecule has 0 aliphatic rings. The van der Waals surface area contributed by atoms with Gasteiger partial charge < -0.3 is 10.1 Å². The predicted octanol–water partition coefficient (Wildman–Crippen LogP) is 4.04.